The van der Waals surface area contributed by atoms with E-state index in [0.29, 0.717) is 18.4 Å². The molecule has 0 aliphatic carbocycles. The van der Waals surface area contributed by atoms with Crippen molar-refractivity contribution in [3.63, 3.8) is 0 Å². The van der Waals surface area contributed by atoms with Gasteiger partial charge < -0.3 is 10.2 Å². The number of carbonyl (C=O) groups excluding carboxylic acids is 1. The van der Waals surface area contributed by atoms with Crippen molar-refractivity contribution in [2.75, 3.05) is 39.8 Å². The number of nitrogens with zero attached hydrogens (tertiary/aromatic N) is 2. The van der Waals surface area contributed by atoms with E-state index in [2.05, 4.69) is 24.1 Å². The second-order valence-electron chi connectivity index (χ2n) is 4.71. The molecule has 4 nitrogen and oxygen atoms in total. The van der Waals surface area contributed by atoms with Crippen LogP contribution in [-0.4, -0.2) is 61.5 Å². The van der Waals surface area contributed by atoms with Crippen LogP contribution in [-0.2, 0) is 4.79 Å². The lowest BCUT2D eigenvalue weighted by atomic mass is 10.2. The molecular formula is C13H27N3O. The van der Waals surface area contributed by atoms with Gasteiger partial charge in [0.2, 0.25) is 5.91 Å². The molecular weight excluding hydrogens is 214 g/mol. The molecule has 1 amide bonds. The Morgan fingerprint density at radius 1 is 1.41 bits per heavy atom. The second-order valence-corrected chi connectivity index (χ2v) is 4.71. The highest BCUT2D eigenvalue weighted by molar-refractivity contribution is 5.76. The highest BCUT2D eigenvalue weighted by atomic mass is 16.2. The van der Waals surface area contributed by atoms with Gasteiger partial charge in [-0.15, -0.1) is 0 Å². The predicted octanol–water partition coefficient (Wildman–Crippen LogP) is 0.929. The molecule has 17 heavy (non-hydrogen) atoms. The third-order valence-electron chi connectivity index (χ3n) is 3.66. The van der Waals surface area contributed by atoms with Crippen molar-refractivity contribution in [1.82, 2.24) is 15.1 Å². The van der Waals surface area contributed by atoms with Crippen LogP contribution < -0.4 is 5.32 Å². The Bertz CT molecular complexity index is 229. The molecule has 1 N–H and O–H groups in total. The van der Waals surface area contributed by atoms with E-state index in [4.69, 9.17) is 0 Å². The summed E-state index contributed by atoms with van der Waals surface area (Å²) in [4.78, 5) is 16.4. The van der Waals surface area contributed by atoms with E-state index in [9.17, 15) is 4.79 Å². The molecule has 0 aromatic rings. The smallest absolute Gasteiger partial charge is 0.222 e. The number of likely N-dealkylation sites (tertiary alicyclic amines) is 1. The average Bonchev–Trinajstić information content (AvgIpc) is 2.80. The van der Waals surface area contributed by atoms with E-state index in [0.717, 1.165) is 45.6 Å². The minimum atomic E-state index is 0.329. The second kappa shape index (κ2) is 7.67. The molecule has 1 saturated heterocycles. The summed E-state index contributed by atoms with van der Waals surface area (Å²) in [5.41, 5.74) is 0. The van der Waals surface area contributed by atoms with Crippen LogP contribution in [0.25, 0.3) is 0 Å². The maximum Gasteiger partial charge on any atom is 0.222 e. The zero-order chi connectivity index (χ0) is 12.7. The molecule has 1 unspecified atom stereocenters. The quantitative estimate of drug-likeness (QED) is 0.674. The first-order valence-corrected chi connectivity index (χ1v) is 6.89. The molecule has 1 heterocycles. The molecule has 0 saturated carbocycles. The van der Waals surface area contributed by atoms with E-state index < -0.39 is 0 Å². The van der Waals surface area contributed by atoms with Crippen molar-refractivity contribution in [3.8, 4) is 0 Å². The van der Waals surface area contributed by atoms with Gasteiger partial charge in [0.15, 0.2) is 0 Å². The lowest BCUT2D eigenvalue weighted by Gasteiger charge is -2.26. The monoisotopic (exact) mass is 241 g/mol. The minimum absolute atomic E-state index is 0.329. The van der Waals surface area contributed by atoms with Gasteiger partial charge in [-0.1, -0.05) is 13.8 Å². The van der Waals surface area contributed by atoms with E-state index in [-0.39, 0.29) is 0 Å². The Balaban J connectivity index is 2.31. The Hall–Kier alpha value is -0.610. The number of rotatable bonds is 7. The molecule has 1 aliphatic heterocycles. The van der Waals surface area contributed by atoms with E-state index in [1.165, 1.54) is 0 Å². The van der Waals surface area contributed by atoms with Crippen LogP contribution in [0.3, 0.4) is 0 Å². The lowest BCUT2D eigenvalue weighted by molar-refractivity contribution is -0.130. The SMILES string of the molecule is CCN(CC)C1CCN(C(=O)CCCNC)C1. The summed E-state index contributed by atoms with van der Waals surface area (Å²) in [5, 5.41) is 3.08. The van der Waals surface area contributed by atoms with Gasteiger partial charge in [0.1, 0.15) is 0 Å². The van der Waals surface area contributed by atoms with Crippen LogP contribution in [0.4, 0.5) is 0 Å². The summed E-state index contributed by atoms with van der Waals surface area (Å²) in [6.07, 6.45) is 2.77. The highest BCUT2D eigenvalue weighted by Gasteiger charge is 2.28. The first-order chi connectivity index (χ1) is 8.22. The van der Waals surface area contributed by atoms with E-state index >= 15 is 0 Å². The van der Waals surface area contributed by atoms with Crippen molar-refractivity contribution in [2.45, 2.75) is 39.2 Å². The summed E-state index contributed by atoms with van der Waals surface area (Å²) in [7, 11) is 1.93. The van der Waals surface area contributed by atoms with Crippen LogP contribution in [0.1, 0.15) is 33.1 Å². The molecule has 0 bridgehead atoms. The van der Waals surface area contributed by atoms with Crippen LogP contribution in [0.5, 0.6) is 0 Å². The first-order valence-electron chi connectivity index (χ1n) is 6.89. The van der Waals surface area contributed by atoms with Crippen molar-refractivity contribution in [2.24, 2.45) is 0 Å². The fourth-order valence-electron chi connectivity index (χ4n) is 2.58. The predicted molar refractivity (Wildman–Crippen MR) is 71.1 cm³/mol. The van der Waals surface area contributed by atoms with Crippen LogP contribution in [0, 0.1) is 0 Å². The molecule has 0 spiro atoms. The van der Waals surface area contributed by atoms with Gasteiger partial charge in [0, 0.05) is 25.6 Å². The molecule has 0 radical (unpaired) electrons. The van der Waals surface area contributed by atoms with Gasteiger partial charge in [-0.05, 0) is 39.5 Å². The summed E-state index contributed by atoms with van der Waals surface area (Å²) >= 11 is 0. The molecule has 1 atom stereocenters. The number of nitrogens with one attached hydrogen (secondary N) is 1. The zero-order valence-electron chi connectivity index (χ0n) is 11.5. The van der Waals surface area contributed by atoms with Gasteiger partial charge in [-0.2, -0.15) is 0 Å². The van der Waals surface area contributed by atoms with Crippen LogP contribution in [0.15, 0.2) is 0 Å². The van der Waals surface area contributed by atoms with Crippen molar-refractivity contribution in [1.29, 1.82) is 0 Å². The van der Waals surface area contributed by atoms with E-state index in [1.54, 1.807) is 0 Å². The van der Waals surface area contributed by atoms with Gasteiger partial charge in [0.25, 0.3) is 0 Å². The molecule has 0 aromatic carbocycles. The standard InChI is InChI=1S/C13H27N3O/c1-4-15(5-2)12-8-10-16(11-12)13(17)7-6-9-14-3/h12,14H,4-11H2,1-3H3. The van der Waals surface area contributed by atoms with Crippen molar-refractivity contribution in [3.05, 3.63) is 0 Å². The van der Waals surface area contributed by atoms with Gasteiger partial charge >= 0.3 is 0 Å². The zero-order valence-corrected chi connectivity index (χ0v) is 11.5. The third kappa shape index (κ3) is 4.28. The minimum Gasteiger partial charge on any atom is -0.341 e. The normalized spacial score (nSPS) is 20.2. The molecule has 0 aromatic heterocycles. The lowest BCUT2D eigenvalue weighted by Crippen LogP contribution is -2.38. The van der Waals surface area contributed by atoms with Gasteiger partial charge in [-0.3, -0.25) is 9.69 Å². The number of hydrogen-bond donors (Lipinski definition) is 1. The van der Waals surface area contributed by atoms with Gasteiger partial charge in [0.05, 0.1) is 0 Å². The summed E-state index contributed by atoms with van der Waals surface area (Å²) in [6.45, 7) is 9.37. The Morgan fingerprint density at radius 2 is 2.12 bits per heavy atom. The maximum absolute atomic E-state index is 11.9. The fraction of sp³-hybridized carbons (Fsp3) is 0.923. The first kappa shape index (κ1) is 14.5. The molecule has 100 valence electrons. The maximum atomic E-state index is 11.9. The molecule has 1 fully saturated rings. The number of carbonyl (C=O) groups is 1. The summed E-state index contributed by atoms with van der Waals surface area (Å²) < 4.78 is 0. The Labute approximate surface area is 105 Å². The summed E-state index contributed by atoms with van der Waals surface area (Å²) in [6, 6.07) is 0.582. The Kier molecular flexibility index (Phi) is 6.52. The average molecular weight is 241 g/mol. The molecule has 1 rings (SSSR count). The summed E-state index contributed by atoms with van der Waals surface area (Å²) in [5.74, 6) is 0.329. The number of likely N-dealkylation sites (N-methyl/N-ethyl adjacent to an activating group) is 1. The topological polar surface area (TPSA) is 35.6 Å². The number of hydrogen-bond acceptors (Lipinski definition) is 3. The molecule has 1 aliphatic rings. The fourth-order valence-corrected chi connectivity index (χ4v) is 2.58. The van der Waals surface area contributed by atoms with Crippen LogP contribution >= 0.6 is 0 Å². The molecule has 4 heteroatoms. The highest BCUT2D eigenvalue weighted by Crippen LogP contribution is 2.16. The van der Waals surface area contributed by atoms with Crippen molar-refractivity contribution < 1.29 is 4.79 Å². The van der Waals surface area contributed by atoms with E-state index in [1.807, 2.05) is 11.9 Å². The third-order valence-corrected chi connectivity index (χ3v) is 3.66. The number of amides is 1. The Morgan fingerprint density at radius 3 is 2.71 bits per heavy atom. The van der Waals surface area contributed by atoms with Crippen molar-refractivity contribution >= 4 is 5.91 Å². The van der Waals surface area contributed by atoms with Crippen LogP contribution in [0.2, 0.25) is 0 Å². The largest absolute Gasteiger partial charge is 0.341 e. The van der Waals surface area contributed by atoms with Gasteiger partial charge in [-0.25, -0.2) is 0 Å².